The summed E-state index contributed by atoms with van der Waals surface area (Å²) in [6, 6.07) is 0. The van der Waals surface area contributed by atoms with Gasteiger partial charge in [0, 0.05) is 6.54 Å². The molecule has 2 N–H and O–H groups in total. The fourth-order valence-electron chi connectivity index (χ4n) is 3.02. The Morgan fingerprint density at radius 2 is 1.75 bits per heavy atom. The van der Waals surface area contributed by atoms with Crippen molar-refractivity contribution in [2.75, 3.05) is 46.3 Å². The van der Waals surface area contributed by atoms with Crippen LogP contribution in [-0.4, -0.2) is 56.1 Å². The van der Waals surface area contributed by atoms with Gasteiger partial charge in [0.25, 0.3) is 0 Å². The van der Waals surface area contributed by atoms with E-state index in [1.807, 2.05) is 0 Å². The first-order chi connectivity index (χ1) is 7.78. The molecule has 94 valence electrons. The van der Waals surface area contributed by atoms with Gasteiger partial charge >= 0.3 is 0 Å². The molecule has 0 aromatic heterocycles. The van der Waals surface area contributed by atoms with E-state index >= 15 is 0 Å². The fourth-order valence-corrected chi connectivity index (χ4v) is 3.02. The Balaban J connectivity index is 1.61. The summed E-state index contributed by atoms with van der Waals surface area (Å²) in [7, 11) is 2.24. The molecule has 16 heavy (non-hydrogen) atoms. The van der Waals surface area contributed by atoms with Crippen LogP contribution in [0.1, 0.15) is 25.7 Å². The Morgan fingerprint density at radius 1 is 1.06 bits per heavy atom. The van der Waals surface area contributed by atoms with Crippen molar-refractivity contribution < 1.29 is 0 Å². The highest BCUT2D eigenvalue weighted by Gasteiger charge is 2.22. The van der Waals surface area contributed by atoms with Gasteiger partial charge < -0.3 is 15.5 Å². The summed E-state index contributed by atoms with van der Waals surface area (Å²) in [6.07, 6.45) is 5.55. The van der Waals surface area contributed by atoms with Crippen molar-refractivity contribution in [3.05, 3.63) is 0 Å². The molecule has 1 atom stereocenters. The van der Waals surface area contributed by atoms with Crippen molar-refractivity contribution in [3.63, 3.8) is 0 Å². The summed E-state index contributed by atoms with van der Waals surface area (Å²) in [6.45, 7) is 7.33. The molecule has 0 radical (unpaired) electrons. The number of nitrogens with zero attached hydrogens (tertiary/aromatic N) is 2. The quantitative estimate of drug-likeness (QED) is 0.775. The Bertz CT molecular complexity index is 197. The number of hydrogen-bond donors (Lipinski definition) is 1. The zero-order valence-electron chi connectivity index (χ0n) is 10.7. The van der Waals surface area contributed by atoms with Crippen LogP contribution in [0.15, 0.2) is 0 Å². The van der Waals surface area contributed by atoms with Crippen LogP contribution in [-0.2, 0) is 0 Å². The van der Waals surface area contributed by atoms with Crippen LogP contribution < -0.4 is 5.73 Å². The van der Waals surface area contributed by atoms with Crippen molar-refractivity contribution in [1.82, 2.24) is 9.80 Å². The van der Waals surface area contributed by atoms with Crippen LogP contribution in [0, 0.1) is 11.8 Å². The van der Waals surface area contributed by atoms with Crippen molar-refractivity contribution in [2.24, 2.45) is 17.6 Å². The van der Waals surface area contributed by atoms with E-state index in [0.29, 0.717) is 0 Å². The van der Waals surface area contributed by atoms with Crippen molar-refractivity contribution >= 4 is 0 Å². The lowest BCUT2D eigenvalue weighted by Gasteiger charge is -2.30. The first-order valence-corrected chi connectivity index (χ1v) is 6.89. The Labute approximate surface area is 100.0 Å². The molecule has 0 aliphatic carbocycles. The average Bonchev–Trinajstić information content (AvgIpc) is 2.76. The van der Waals surface area contributed by atoms with Crippen LogP contribution in [0.5, 0.6) is 0 Å². The molecule has 0 bridgehead atoms. The first-order valence-electron chi connectivity index (χ1n) is 6.89. The van der Waals surface area contributed by atoms with E-state index in [1.165, 1.54) is 58.4 Å². The molecule has 0 amide bonds. The molecule has 2 aliphatic heterocycles. The van der Waals surface area contributed by atoms with E-state index in [-0.39, 0.29) is 0 Å². The topological polar surface area (TPSA) is 32.5 Å². The first kappa shape index (κ1) is 12.3. The number of piperidine rings is 1. The summed E-state index contributed by atoms with van der Waals surface area (Å²) in [5.41, 5.74) is 5.72. The lowest BCUT2D eigenvalue weighted by molar-refractivity contribution is 0.194. The molecule has 1 unspecified atom stereocenters. The van der Waals surface area contributed by atoms with Crippen molar-refractivity contribution in [1.29, 1.82) is 0 Å². The summed E-state index contributed by atoms with van der Waals surface area (Å²) >= 11 is 0. The molecule has 2 saturated heterocycles. The van der Waals surface area contributed by atoms with E-state index in [9.17, 15) is 0 Å². The molecule has 2 fully saturated rings. The predicted molar refractivity (Wildman–Crippen MR) is 68.4 cm³/mol. The molecule has 3 heteroatoms. The van der Waals surface area contributed by atoms with E-state index in [4.69, 9.17) is 5.73 Å². The maximum absolute atomic E-state index is 5.72. The molecular weight excluding hydrogens is 198 g/mol. The minimum Gasteiger partial charge on any atom is -0.330 e. The Kier molecular flexibility index (Phi) is 4.62. The predicted octanol–water partition coefficient (Wildman–Crippen LogP) is 0.999. The van der Waals surface area contributed by atoms with Crippen molar-refractivity contribution in [3.8, 4) is 0 Å². The molecule has 0 saturated carbocycles. The molecular formula is C13H27N3. The third-order valence-electron chi connectivity index (χ3n) is 4.40. The average molecular weight is 225 g/mol. The van der Waals surface area contributed by atoms with Gasteiger partial charge in [-0.3, -0.25) is 0 Å². The molecule has 3 nitrogen and oxygen atoms in total. The second kappa shape index (κ2) is 5.99. The minimum absolute atomic E-state index is 0.775. The number of nitrogens with two attached hydrogens (primary N) is 1. The number of likely N-dealkylation sites (tertiary alicyclic amines) is 2. The maximum atomic E-state index is 5.72. The van der Waals surface area contributed by atoms with Crippen LogP contribution in [0.25, 0.3) is 0 Å². The van der Waals surface area contributed by atoms with Gasteiger partial charge in [-0.1, -0.05) is 0 Å². The number of hydrogen-bond acceptors (Lipinski definition) is 3. The van der Waals surface area contributed by atoms with Gasteiger partial charge in [0.2, 0.25) is 0 Å². The molecule has 0 aromatic carbocycles. The lowest BCUT2D eigenvalue weighted by atomic mass is 9.94. The largest absolute Gasteiger partial charge is 0.330 e. The summed E-state index contributed by atoms with van der Waals surface area (Å²) in [5, 5.41) is 0. The highest BCUT2D eigenvalue weighted by atomic mass is 15.1. The van der Waals surface area contributed by atoms with E-state index in [2.05, 4.69) is 16.8 Å². The summed E-state index contributed by atoms with van der Waals surface area (Å²) < 4.78 is 0. The van der Waals surface area contributed by atoms with E-state index < -0.39 is 0 Å². The van der Waals surface area contributed by atoms with Crippen molar-refractivity contribution in [2.45, 2.75) is 25.7 Å². The third kappa shape index (κ3) is 3.44. The lowest BCUT2D eigenvalue weighted by Crippen LogP contribution is -2.32. The second-order valence-corrected chi connectivity index (χ2v) is 5.73. The maximum Gasteiger partial charge on any atom is 0.00222 e. The van der Waals surface area contributed by atoms with Gasteiger partial charge in [0.15, 0.2) is 0 Å². The van der Waals surface area contributed by atoms with Gasteiger partial charge in [-0.25, -0.2) is 0 Å². The van der Waals surface area contributed by atoms with Crippen LogP contribution in [0.4, 0.5) is 0 Å². The molecule has 2 heterocycles. The highest BCUT2D eigenvalue weighted by Crippen LogP contribution is 2.22. The van der Waals surface area contributed by atoms with Gasteiger partial charge in [0.1, 0.15) is 0 Å². The molecule has 2 rings (SSSR count). The zero-order chi connectivity index (χ0) is 11.4. The monoisotopic (exact) mass is 225 g/mol. The van der Waals surface area contributed by atoms with Crippen LogP contribution in [0.2, 0.25) is 0 Å². The molecule has 0 spiro atoms. The Morgan fingerprint density at radius 3 is 2.38 bits per heavy atom. The normalized spacial score (nSPS) is 30.0. The second-order valence-electron chi connectivity index (χ2n) is 5.73. The van der Waals surface area contributed by atoms with E-state index in [1.54, 1.807) is 0 Å². The molecule has 0 aromatic rings. The highest BCUT2D eigenvalue weighted by molar-refractivity contribution is 4.78. The van der Waals surface area contributed by atoms with Gasteiger partial charge in [-0.05, 0) is 77.3 Å². The van der Waals surface area contributed by atoms with Gasteiger partial charge in [0.05, 0.1) is 0 Å². The van der Waals surface area contributed by atoms with Crippen LogP contribution >= 0.6 is 0 Å². The smallest absolute Gasteiger partial charge is 0.00222 e. The third-order valence-corrected chi connectivity index (χ3v) is 4.40. The van der Waals surface area contributed by atoms with E-state index in [0.717, 1.165) is 18.4 Å². The molecule has 2 aliphatic rings. The minimum atomic E-state index is 0.775. The summed E-state index contributed by atoms with van der Waals surface area (Å²) in [5.74, 6) is 1.76. The van der Waals surface area contributed by atoms with Gasteiger partial charge in [-0.2, -0.15) is 0 Å². The zero-order valence-corrected chi connectivity index (χ0v) is 10.7. The van der Waals surface area contributed by atoms with Gasteiger partial charge in [-0.15, -0.1) is 0 Å². The number of rotatable bonds is 4. The summed E-state index contributed by atoms with van der Waals surface area (Å²) in [4.78, 5) is 5.08. The SMILES string of the molecule is CN1CCC(CCN2CCC(CN)C2)CC1. The fraction of sp³-hybridized carbons (Fsp3) is 1.00. The Hall–Kier alpha value is -0.120. The van der Waals surface area contributed by atoms with Crippen LogP contribution in [0.3, 0.4) is 0 Å². The standard InChI is InChI=1S/C13H27N3/c1-15-6-2-12(3-7-15)4-8-16-9-5-13(10-14)11-16/h12-13H,2-11,14H2,1H3.